The fourth-order valence-corrected chi connectivity index (χ4v) is 3.78. The third kappa shape index (κ3) is 5.50. The quantitative estimate of drug-likeness (QED) is 0.701. The Hall–Kier alpha value is -3.55. The molecule has 2 aromatic carbocycles. The first-order chi connectivity index (χ1) is 16.1. The molecule has 3 rings (SSSR count). The summed E-state index contributed by atoms with van der Waals surface area (Å²) in [5.74, 6) is 1.07. The summed E-state index contributed by atoms with van der Waals surface area (Å²) in [6.45, 7) is 8.74. The van der Waals surface area contributed by atoms with Gasteiger partial charge in [-0.3, -0.25) is 4.79 Å². The first kappa shape index (κ1) is 25.1. The van der Waals surface area contributed by atoms with E-state index in [1.54, 1.807) is 33.4 Å². The van der Waals surface area contributed by atoms with Gasteiger partial charge < -0.3 is 20.1 Å². The van der Waals surface area contributed by atoms with Crippen molar-refractivity contribution in [2.24, 2.45) is 10.5 Å². The molecule has 0 bridgehead atoms. The van der Waals surface area contributed by atoms with Crippen LogP contribution in [0.15, 0.2) is 41.5 Å². The van der Waals surface area contributed by atoms with E-state index in [1.807, 2.05) is 31.2 Å². The van der Waals surface area contributed by atoms with Crippen LogP contribution in [0.2, 0.25) is 0 Å². The van der Waals surface area contributed by atoms with Crippen LogP contribution in [0.1, 0.15) is 54.7 Å². The van der Waals surface area contributed by atoms with Crippen LogP contribution in [-0.2, 0) is 6.42 Å². The minimum Gasteiger partial charge on any atom is -0.493 e. The molecular formula is C26H34N4O4. The van der Waals surface area contributed by atoms with Gasteiger partial charge in [0, 0.05) is 30.3 Å². The lowest BCUT2D eigenvalue weighted by Gasteiger charge is -2.22. The zero-order valence-electron chi connectivity index (χ0n) is 21.0. The second kappa shape index (κ2) is 10.2. The Morgan fingerprint density at radius 2 is 1.71 bits per heavy atom. The fourth-order valence-electron chi connectivity index (χ4n) is 3.78. The Labute approximate surface area is 201 Å². The van der Waals surface area contributed by atoms with Crippen LogP contribution in [0.5, 0.6) is 11.5 Å². The summed E-state index contributed by atoms with van der Waals surface area (Å²) in [6.07, 6.45) is 0.587. The number of ether oxygens (including phenoxy) is 2. The Bertz CT molecular complexity index is 1090. The molecule has 0 aromatic heterocycles. The van der Waals surface area contributed by atoms with Gasteiger partial charge in [0.2, 0.25) is 0 Å². The molecule has 1 aliphatic heterocycles. The van der Waals surface area contributed by atoms with Crippen LogP contribution in [0.4, 0.5) is 4.79 Å². The molecule has 1 aliphatic rings. The van der Waals surface area contributed by atoms with Crippen molar-refractivity contribution in [3.63, 3.8) is 0 Å². The van der Waals surface area contributed by atoms with Gasteiger partial charge in [-0.1, -0.05) is 32.9 Å². The fraction of sp³-hybridized carbons (Fsp3) is 0.423. The molecule has 182 valence electrons. The highest BCUT2D eigenvalue weighted by Crippen LogP contribution is 2.34. The van der Waals surface area contributed by atoms with E-state index in [-0.39, 0.29) is 23.4 Å². The largest absolute Gasteiger partial charge is 0.493 e. The van der Waals surface area contributed by atoms with Gasteiger partial charge in [-0.25, -0.2) is 9.80 Å². The van der Waals surface area contributed by atoms with Crippen LogP contribution in [0, 0.1) is 5.41 Å². The first-order valence-corrected chi connectivity index (χ1v) is 11.3. The molecule has 2 aromatic rings. The second-order valence-corrected chi connectivity index (χ2v) is 9.59. The average Bonchev–Trinajstić information content (AvgIpc) is 2.96. The maximum Gasteiger partial charge on any atom is 0.337 e. The monoisotopic (exact) mass is 466 g/mol. The standard InChI is InChI=1S/C26H34N4O4/c1-16-12-19-13-21(33-6)22(34-7)14-20(19)23(29-30(16)25(32)27-5)17-8-10-18(11-9-17)24(31)28-15-26(2,3)4/h8-11,13-14,16H,12,15H2,1-7H3,(H,27,32)(H,28,31). The summed E-state index contributed by atoms with van der Waals surface area (Å²) >= 11 is 0. The number of rotatable bonds is 5. The summed E-state index contributed by atoms with van der Waals surface area (Å²) in [5.41, 5.74) is 3.79. The van der Waals surface area contributed by atoms with Crippen LogP contribution < -0.4 is 20.1 Å². The van der Waals surface area contributed by atoms with Crippen molar-refractivity contribution in [3.8, 4) is 11.5 Å². The first-order valence-electron chi connectivity index (χ1n) is 11.3. The van der Waals surface area contributed by atoms with Crippen LogP contribution in [-0.4, -0.2) is 56.5 Å². The van der Waals surface area contributed by atoms with E-state index in [0.29, 0.717) is 35.7 Å². The molecule has 8 nitrogen and oxygen atoms in total. The van der Waals surface area contributed by atoms with E-state index < -0.39 is 0 Å². The lowest BCUT2D eigenvalue weighted by atomic mass is 9.93. The lowest BCUT2D eigenvalue weighted by molar-refractivity contribution is 0.0939. The van der Waals surface area contributed by atoms with Crippen LogP contribution in [0.3, 0.4) is 0 Å². The maximum absolute atomic E-state index is 12.6. The van der Waals surface area contributed by atoms with Gasteiger partial charge in [0.25, 0.3) is 5.91 Å². The summed E-state index contributed by atoms with van der Waals surface area (Å²) in [5, 5.41) is 11.8. The molecule has 0 saturated heterocycles. The summed E-state index contributed by atoms with van der Waals surface area (Å²) in [7, 11) is 4.77. The number of hydrazone groups is 1. The highest BCUT2D eigenvalue weighted by Gasteiger charge is 2.28. The number of nitrogens with one attached hydrogen (secondary N) is 2. The highest BCUT2D eigenvalue weighted by atomic mass is 16.5. The SMILES string of the molecule is CNC(=O)N1N=C(c2ccc(C(=O)NCC(C)(C)C)cc2)c2cc(OC)c(OC)cc2CC1C. The molecule has 0 radical (unpaired) electrons. The van der Waals surface area contributed by atoms with E-state index in [4.69, 9.17) is 14.6 Å². The summed E-state index contributed by atoms with van der Waals surface area (Å²) in [6, 6.07) is 10.6. The van der Waals surface area contributed by atoms with Crippen molar-refractivity contribution in [3.05, 3.63) is 58.7 Å². The summed E-state index contributed by atoms with van der Waals surface area (Å²) < 4.78 is 11.0. The average molecular weight is 467 g/mol. The van der Waals surface area contributed by atoms with Crippen molar-refractivity contribution in [2.45, 2.75) is 40.2 Å². The van der Waals surface area contributed by atoms with Crippen molar-refractivity contribution in [2.75, 3.05) is 27.8 Å². The van der Waals surface area contributed by atoms with Gasteiger partial charge >= 0.3 is 6.03 Å². The number of carbonyl (C=O) groups excluding carboxylic acids is 2. The van der Waals surface area contributed by atoms with Crippen LogP contribution >= 0.6 is 0 Å². The molecule has 1 heterocycles. The van der Waals surface area contributed by atoms with E-state index >= 15 is 0 Å². The van der Waals surface area contributed by atoms with Crippen LogP contribution in [0.25, 0.3) is 0 Å². The normalized spacial score (nSPS) is 15.6. The predicted molar refractivity (Wildman–Crippen MR) is 133 cm³/mol. The van der Waals surface area contributed by atoms with Gasteiger partial charge in [0.05, 0.1) is 26.0 Å². The Morgan fingerprint density at radius 1 is 1.09 bits per heavy atom. The van der Waals surface area contributed by atoms with Gasteiger partial charge in [0.15, 0.2) is 11.5 Å². The third-order valence-electron chi connectivity index (χ3n) is 5.63. The number of carbonyl (C=O) groups is 2. The number of methoxy groups -OCH3 is 2. The summed E-state index contributed by atoms with van der Waals surface area (Å²) in [4.78, 5) is 25.2. The van der Waals surface area contributed by atoms with Gasteiger partial charge in [0.1, 0.15) is 0 Å². The Kier molecular flexibility index (Phi) is 7.49. The minimum absolute atomic E-state index is 0.00545. The second-order valence-electron chi connectivity index (χ2n) is 9.59. The molecular weight excluding hydrogens is 432 g/mol. The minimum atomic E-state index is -0.296. The van der Waals surface area contributed by atoms with E-state index in [0.717, 1.165) is 16.7 Å². The molecule has 0 saturated carbocycles. The molecule has 1 atom stereocenters. The number of hydrogen-bond acceptors (Lipinski definition) is 5. The van der Waals surface area contributed by atoms with E-state index in [2.05, 4.69) is 31.4 Å². The van der Waals surface area contributed by atoms with Crippen molar-refractivity contribution in [1.82, 2.24) is 15.6 Å². The van der Waals surface area contributed by atoms with E-state index in [9.17, 15) is 9.59 Å². The van der Waals surface area contributed by atoms with Gasteiger partial charge in [-0.15, -0.1) is 0 Å². The van der Waals surface area contributed by atoms with Crippen molar-refractivity contribution >= 4 is 17.6 Å². The zero-order chi connectivity index (χ0) is 25.0. The zero-order valence-corrected chi connectivity index (χ0v) is 21.0. The molecule has 0 aliphatic carbocycles. The molecule has 2 N–H and O–H groups in total. The van der Waals surface area contributed by atoms with Crippen molar-refractivity contribution in [1.29, 1.82) is 0 Å². The number of urea groups is 1. The molecule has 8 heteroatoms. The Balaban J connectivity index is 2.06. The maximum atomic E-state index is 12.6. The lowest BCUT2D eigenvalue weighted by Crippen LogP contribution is -2.41. The molecule has 34 heavy (non-hydrogen) atoms. The molecule has 0 spiro atoms. The number of fused-ring (bicyclic) bond motifs is 1. The number of nitrogens with zero attached hydrogens (tertiary/aromatic N) is 2. The predicted octanol–water partition coefficient (Wildman–Crippen LogP) is 3.82. The van der Waals surface area contributed by atoms with Gasteiger partial charge in [-0.2, -0.15) is 5.10 Å². The Morgan fingerprint density at radius 3 is 2.26 bits per heavy atom. The molecule has 3 amide bonds. The third-order valence-corrected chi connectivity index (χ3v) is 5.63. The van der Waals surface area contributed by atoms with Crippen molar-refractivity contribution < 1.29 is 19.1 Å². The number of amides is 3. The highest BCUT2D eigenvalue weighted by molar-refractivity contribution is 6.15. The number of hydrogen-bond donors (Lipinski definition) is 2. The topological polar surface area (TPSA) is 92.3 Å². The van der Waals surface area contributed by atoms with Gasteiger partial charge in [-0.05, 0) is 48.6 Å². The smallest absolute Gasteiger partial charge is 0.337 e. The molecule has 1 unspecified atom stereocenters. The number of benzene rings is 2. The molecule has 0 fully saturated rings. The van der Waals surface area contributed by atoms with E-state index in [1.165, 1.54) is 5.01 Å².